The van der Waals surface area contributed by atoms with Crippen molar-refractivity contribution < 1.29 is 21.6 Å². The molecule has 0 N–H and O–H groups in total. The van der Waals surface area contributed by atoms with E-state index in [1.807, 2.05) is 0 Å². The normalized spacial score (nSPS) is 16.6. The van der Waals surface area contributed by atoms with Crippen molar-refractivity contribution in [3.05, 3.63) is 0 Å². The van der Waals surface area contributed by atoms with E-state index >= 15 is 0 Å². The summed E-state index contributed by atoms with van der Waals surface area (Å²) in [5.41, 5.74) is 0. The molecule has 1 aliphatic carbocycles. The van der Waals surface area contributed by atoms with Crippen LogP contribution in [0.25, 0.3) is 0 Å². The molecule has 1 fully saturated rings. The van der Waals surface area contributed by atoms with E-state index in [1.54, 1.807) is 0 Å². The van der Waals surface area contributed by atoms with E-state index in [4.69, 9.17) is 4.74 Å². The van der Waals surface area contributed by atoms with E-state index in [0.717, 1.165) is 11.2 Å². The number of unbranched alkanes of at least 4 members (excludes halogenated alkanes) is 5. The first-order valence-corrected chi connectivity index (χ1v) is 8.07. The highest BCUT2D eigenvalue weighted by Gasteiger charge is 2.20. The van der Waals surface area contributed by atoms with Crippen molar-refractivity contribution in [3.8, 4) is 0 Å². The Morgan fingerprint density at radius 3 is 2.16 bits per heavy atom. The van der Waals surface area contributed by atoms with Crippen LogP contribution in [0.4, 0.5) is 0 Å². The van der Waals surface area contributed by atoms with Gasteiger partial charge in [0.15, 0.2) is 6.73 Å². The van der Waals surface area contributed by atoms with E-state index in [2.05, 4.69) is 21.0 Å². The fourth-order valence-electron chi connectivity index (χ4n) is 2.75. The quantitative estimate of drug-likeness (QED) is 0.335. The third kappa shape index (κ3) is 9.70. The number of quaternary nitrogens is 1. The molecule has 0 aliphatic heterocycles. The summed E-state index contributed by atoms with van der Waals surface area (Å²) < 4.78 is 7.07. The van der Waals surface area contributed by atoms with Gasteiger partial charge in [-0.15, -0.1) is 0 Å². The molecule has 3 heteroatoms. The van der Waals surface area contributed by atoms with Gasteiger partial charge in [-0.25, -0.2) is 0 Å². The first-order valence-electron chi connectivity index (χ1n) is 8.07. The lowest BCUT2D eigenvalue weighted by molar-refractivity contribution is -0.910. The third-order valence-electron chi connectivity index (χ3n) is 4.08. The van der Waals surface area contributed by atoms with Gasteiger partial charge in [0.25, 0.3) is 0 Å². The van der Waals surface area contributed by atoms with E-state index in [1.165, 1.54) is 70.8 Å². The van der Waals surface area contributed by atoms with Crippen molar-refractivity contribution in [3.63, 3.8) is 0 Å². The zero-order valence-corrected chi connectivity index (χ0v) is 14.1. The van der Waals surface area contributed by atoms with Gasteiger partial charge < -0.3 is 21.6 Å². The van der Waals surface area contributed by atoms with Crippen LogP contribution in [0.15, 0.2) is 0 Å². The maximum absolute atomic E-state index is 6.04. The minimum Gasteiger partial charge on any atom is -1.00 e. The van der Waals surface area contributed by atoms with Gasteiger partial charge in [0.1, 0.15) is 0 Å². The maximum Gasteiger partial charge on any atom is 0.183 e. The van der Waals surface area contributed by atoms with Gasteiger partial charge in [0.2, 0.25) is 0 Å². The molecule has 0 aromatic heterocycles. The largest absolute Gasteiger partial charge is 1.00 e. The number of halogens is 1. The van der Waals surface area contributed by atoms with Crippen molar-refractivity contribution in [1.82, 2.24) is 0 Å². The summed E-state index contributed by atoms with van der Waals surface area (Å²) in [7, 11) is 4.61. The Balaban J connectivity index is 0.00000324. The Kier molecular flexibility index (Phi) is 11.1. The molecule has 2 nitrogen and oxygen atoms in total. The summed E-state index contributed by atoms with van der Waals surface area (Å²) >= 11 is 0. The van der Waals surface area contributed by atoms with Crippen LogP contribution in [-0.4, -0.2) is 38.0 Å². The number of ether oxygens (including phenoxy) is 1. The van der Waals surface area contributed by atoms with Crippen LogP contribution in [0.3, 0.4) is 0 Å². The standard InChI is InChI=1S/C16H34NO.ClH/c1-4-5-6-7-8-11-14-17(2,3)15-18-16-12-9-10-13-16;/h16H,4-15H2,1-3H3;1H/q+1;/p-1. The summed E-state index contributed by atoms with van der Waals surface area (Å²) in [5.74, 6) is 0. The Labute approximate surface area is 126 Å². The average Bonchev–Trinajstić information content (AvgIpc) is 2.84. The molecule has 0 spiro atoms. The Hall–Kier alpha value is 0.210. The summed E-state index contributed by atoms with van der Waals surface area (Å²) in [5, 5.41) is 0. The number of nitrogens with zero attached hydrogens (tertiary/aromatic N) is 1. The molecular formula is C16H34ClNO. The van der Waals surface area contributed by atoms with Crippen molar-refractivity contribution in [2.45, 2.75) is 77.2 Å². The predicted octanol–water partition coefficient (Wildman–Crippen LogP) is 1.34. The predicted molar refractivity (Wildman–Crippen MR) is 78.6 cm³/mol. The minimum atomic E-state index is 0. The minimum absolute atomic E-state index is 0. The molecular weight excluding hydrogens is 258 g/mol. The Morgan fingerprint density at radius 1 is 0.947 bits per heavy atom. The van der Waals surface area contributed by atoms with E-state index < -0.39 is 0 Å². The second-order valence-corrected chi connectivity index (χ2v) is 6.63. The SMILES string of the molecule is CCCCCCCC[N+](C)(C)COC1CCCC1.[Cl-]. The highest BCUT2D eigenvalue weighted by atomic mass is 35.5. The zero-order chi connectivity index (χ0) is 13.3. The summed E-state index contributed by atoms with van der Waals surface area (Å²) in [6.07, 6.45) is 14.2. The highest BCUT2D eigenvalue weighted by Crippen LogP contribution is 2.21. The van der Waals surface area contributed by atoms with Crippen molar-refractivity contribution in [1.29, 1.82) is 0 Å². The molecule has 0 amide bonds. The second-order valence-electron chi connectivity index (χ2n) is 6.63. The first-order chi connectivity index (χ1) is 8.64. The summed E-state index contributed by atoms with van der Waals surface area (Å²) in [4.78, 5) is 0. The zero-order valence-electron chi connectivity index (χ0n) is 13.3. The molecule has 0 atom stereocenters. The second kappa shape index (κ2) is 10.9. The molecule has 0 radical (unpaired) electrons. The van der Waals surface area contributed by atoms with E-state index in [0.29, 0.717) is 6.10 Å². The lowest BCUT2D eigenvalue weighted by Crippen LogP contribution is -3.00. The van der Waals surface area contributed by atoms with Gasteiger partial charge in [-0.3, -0.25) is 0 Å². The molecule has 0 unspecified atom stereocenters. The molecule has 1 saturated carbocycles. The van der Waals surface area contributed by atoms with Gasteiger partial charge in [-0.05, 0) is 25.7 Å². The van der Waals surface area contributed by atoms with Crippen molar-refractivity contribution in [2.75, 3.05) is 27.4 Å². The van der Waals surface area contributed by atoms with E-state index in [-0.39, 0.29) is 12.4 Å². The van der Waals surface area contributed by atoms with Crippen LogP contribution >= 0.6 is 0 Å². The highest BCUT2D eigenvalue weighted by molar-refractivity contribution is 4.65. The molecule has 0 bridgehead atoms. The lowest BCUT2D eigenvalue weighted by Gasteiger charge is -2.30. The van der Waals surface area contributed by atoms with Gasteiger partial charge in [0, 0.05) is 0 Å². The van der Waals surface area contributed by atoms with Gasteiger partial charge in [0.05, 0.1) is 26.7 Å². The number of hydrogen-bond acceptors (Lipinski definition) is 1. The topological polar surface area (TPSA) is 9.23 Å². The molecule has 19 heavy (non-hydrogen) atoms. The molecule has 1 rings (SSSR count). The van der Waals surface area contributed by atoms with Gasteiger partial charge in [-0.2, -0.15) is 0 Å². The summed E-state index contributed by atoms with van der Waals surface area (Å²) in [6.45, 7) is 4.44. The Bertz CT molecular complexity index is 203. The van der Waals surface area contributed by atoms with Crippen LogP contribution in [0, 0.1) is 0 Å². The first kappa shape index (κ1) is 19.2. The van der Waals surface area contributed by atoms with E-state index in [9.17, 15) is 0 Å². The maximum atomic E-state index is 6.04. The molecule has 0 heterocycles. The lowest BCUT2D eigenvalue weighted by atomic mass is 10.1. The number of hydrogen-bond donors (Lipinski definition) is 0. The van der Waals surface area contributed by atoms with Gasteiger partial charge >= 0.3 is 0 Å². The fraction of sp³-hybridized carbons (Fsp3) is 1.00. The van der Waals surface area contributed by atoms with Crippen molar-refractivity contribution in [2.24, 2.45) is 0 Å². The molecule has 0 saturated heterocycles. The van der Waals surface area contributed by atoms with Crippen LogP contribution in [0.1, 0.15) is 71.1 Å². The van der Waals surface area contributed by atoms with Crippen LogP contribution in [0.2, 0.25) is 0 Å². The summed E-state index contributed by atoms with van der Waals surface area (Å²) in [6, 6.07) is 0. The van der Waals surface area contributed by atoms with Crippen LogP contribution < -0.4 is 12.4 Å². The molecule has 0 aromatic rings. The third-order valence-corrected chi connectivity index (χ3v) is 4.08. The number of rotatable bonds is 10. The molecule has 0 aromatic carbocycles. The fourth-order valence-corrected chi connectivity index (χ4v) is 2.75. The average molecular weight is 292 g/mol. The van der Waals surface area contributed by atoms with Crippen LogP contribution in [0.5, 0.6) is 0 Å². The van der Waals surface area contributed by atoms with Crippen molar-refractivity contribution >= 4 is 0 Å². The molecule has 116 valence electrons. The van der Waals surface area contributed by atoms with Crippen LogP contribution in [-0.2, 0) is 4.74 Å². The smallest absolute Gasteiger partial charge is 0.183 e. The monoisotopic (exact) mass is 291 g/mol. The Morgan fingerprint density at radius 2 is 1.53 bits per heavy atom. The van der Waals surface area contributed by atoms with Gasteiger partial charge in [-0.1, -0.05) is 45.4 Å². The molecule has 1 aliphatic rings.